The average Bonchev–Trinajstić information content (AvgIpc) is 3.42. The van der Waals surface area contributed by atoms with E-state index in [1.807, 2.05) is 19.1 Å². The van der Waals surface area contributed by atoms with Gasteiger partial charge in [-0.2, -0.15) is 0 Å². The molecule has 2 aliphatic heterocycles. The zero-order chi connectivity index (χ0) is 21.2. The Hall–Kier alpha value is -3.46. The number of ether oxygens (including phenoxy) is 2. The minimum absolute atomic E-state index is 0.0618. The lowest BCUT2D eigenvalue weighted by molar-refractivity contribution is -0.117. The molecular weight excluding hydrogens is 398 g/mol. The van der Waals surface area contributed by atoms with Crippen LogP contribution < -0.4 is 14.8 Å². The van der Waals surface area contributed by atoms with Gasteiger partial charge in [0.15, 0.2) is 17.3 Å². The van der Waals surface area contributed by atoms with E-state index in [4.69, 9.17) is 14.0 Å². The van der Waals surface area contributed by atoms with Gasteiger partial charge in [-0.25, -0.2) is 9.97 Å². The number of likely N-dealkylation sites (tertiary alicyclic amines) is 1. The lowest BCUT2D eigenvalue weighted by atomic mass is 9.91. The van der Waals surface area contributed by atoms with E-state index in [1.165, 1.54) is 0 Å². The van der Waals surface area contributed by atoms with Gasteiger partial charge in [0.05, 0.1) is 23.5 Å². The van der Waals surface area contributed by atoms with E-state index < -0.39 is 0 Å². The van der Waals surface area contributed by atoms with Crippen LogP contribution in [-0.2, 0) is 4.79 Å². The number of nitrogens with one attached hydrogen (secondary N) is 1. The zero-order valence-electron chi connectivity index (χ0n) is 17.2. The van der Waals surface area contributed by atoms with Crippen LogP contribution in [0.1, 0.15) is 30.1 Å². The summed E-state index contributed by atoms with van der Waals surface area (Å²) < 4.78 is 16.1. The quantitative estimate of drug-likeness (QED) is 0.671. The number of carbonyl (C=O) groups is 1. The summed E-state index contributed by atoms with van der Waals surface area (Å²) in [5, 5.41) is 6.93. The number of fused-ring (bicyclic) bond motifs is 1. The van der Waals surface area contributed by atoms with Crippen LogP contribution >= 0.6 is 0 Å². The molecule has 0 unspecified atom stereocenters. The van der Waals surface area contributed by atoms with E-state index in [0.29, 0.717) is 29.5 Å². The van der Waals surface area contributed by atoms with Crippen LogP contribution in [0.4, 0.5) is 5.69 Å². The first kappa shape index (κ1) is 19.5. The summed E-state index contributed by atoms with van der Waals surface area (Å²) in [6.07, 6.45) is 5.32. The normalized spacial score (nSPS) is 18.2. The molecule has 1 N–H and O–H groups in total. The Morgan fingerprint density at radius 2 is 2.16 bits per heavy atom. The molecule has 3 aromatic rings. The number of rotatable bonds is 5. The number of anilines is 1. The van der Waals surface area contributed by atoms with Gasteiger partial charge in [0.2, 0.25) is 12.7 Å². The molecule has 5 rings (SSSR count). The summed E-state index contributed by atoms with van der Waals surface area (Å²) in [7, 11) is 0. The molecule has 0 radical (unpaired) electrons. The highest BCUT2D eigenvalue weighted by molar-refractivity contribution is 5.92. The van der Waals surface area contributed by atoms with Gasteiger partial charge in [0, 0.05) is 36.5 Å². The first-order chi connectivity index (χ1) is 15.2. The molecule has 0 saturated carbocycles. The molecule has 1 aromatic carbocycles. The number of hydrogen-bond donors (Lipinski definition) is 1. The summed E-state index contributed by atoms with van der Waals surface area (Å²) in [6, 6.07) is 7.29. The molecule has 9 heteroatoms. The highest BCUT2D eigenvalue weighted by Gasteiger charge is 2.27. The van der Waals surface area contributed by atoms with Crippen LogP contribution in [0.3, 0.4) is 0 Å². The Bertz CT molecular complexity index is 1100. The maximum atomic E-state index is 12.6. The summed E-state index contributed by atoms with van der Waals surface area (Å²) >= 11 is 0. The van der Waals surface area contributed by atoms with Crippen molar-refractivity contribution in [3.63, 3.8) is 0 Å². The van der Waals surface area contributed by atoms with E-state index in [0.717, 1.165) is 42.9 Å². The van der Waals surface area contributed by atoms with Crippen molar-refractivity contribution in [2.75, 3.05) is 31.7 Å². The Morgan fingerprint density at radius 1 is 1.26 bits per heavy atom. The van der Waals surface area contributed by atoms with E-state index in [1.54, 1.807) is 24.7 Å². The monoisotopic (exact) mass is 421 g/mol. The van der Waals surface area contributed by atoms with Gasteiger partial charge in [-0.3, -0.25) is 9.69 Å². The third-order valence-corrected chi connectivity index (χ3v) is 5.55. The fourth-order valence-electron chi connectivity index (χ4n) is 4.15. The number of aromatic nitrogens is 3. The van der Waals surface area contributed by atoms with Gasteiger partial charge in [0.25, 0.3) is 0 Å². The third kappa shape index (κ3) is 4.22. The number of hydrogen-bond acceptors (Lipinski definition) is 8. The molecule has 1 saturated heterocycles. The molecule has 0 bridgehead atoms. The molecule has 160 valence electrons. The smallest absolute Gasteiger partial charge is 0.238 e. The van der Waals surface area contributed by atoms with Crippen LogP contribution in [0.2, 0.25) is 0 Å². The van der Waals surface area contributed by atoms with Crippen molar-refractivity contribution in [1.29, 1.82) is 0 Å². The van der Waals surface area contributed by atoms with Crippen LogP contribution in [0.25, 0.3) is 11.3 Å². The molecule has 4 heterocycles. The lowest BCUT2D eigenvalue weighted by Gasteiger charge is -2.32. The number of nitrogens with zero attached hydrogens (tertiary/aromatic N) is 4. The van der Waals surface area contributed by atoms with Crippen LogP contribution in [0.5, 0.6) is 11.5 Å². The molecule has 0 spiro atoms. The molecule has 1 amide bonds. The molecular formula is C22H23N5O4. The summed E-state index contributed by atoms with van der Waals surface area (Å²) in [6.45, 7) is 4.02. The molecule has 0 aliphatic carbocycles. The van der Waals surface area contributed by atoms with Crippen LogP contribution in [-0.4, -0.2) is 52.4 Å². The van der Waals surface area contributed by atoms with Crippen molar-refractivity contribution < 1.29 is 18.8 Å². The summed E-state index contributed by atoms with van der Waals surface area (Å²) in [4.78, 5) is 23.5. The number of benzene rings is 1. The number of amides is 1. The molecule has 31 heavy (non-hydrogen) atoms. The standard InChI is InChI=1S/C22H23N5O4/c1-14-7-19(31-26-14)17-9-23-12-24-22(17)15-3-2-6-27(10-15)11-21(28)25-16-4-5-18-20(8-16)30-13-29-18/h4-5,7-9,12,15H,2-3,6,10-11,13H2,1H3,(H,25,28)/t15-/m1/s1. The van der Waals surface area contributed by atoms with Crippen molar-refractivity contribution in [1.82, 2.24) is 20.0 Å². The molecule has 1 atom stereocenters. The molecule has 1 fully saturated rings. The maximum absolute atomic E-state index is 12.6. The Balaban J connectivity index is 1.25. The van der Waals surface area contributed by atoms with Crippen LogP contribution in [0, 0.1) is 6.92 Å². The van der Waals surface area contributed by atoms with E-state index in [9.17, 15) is 4.79 Å². The second kappa shape index (κ2) is 8.35. The van der Waals surface area contributed by atoms with Gasteiger partial charge in [-0.05, 0) is 38.4 Å². The van der Waals surface area contributed by atoms with Gasteiger partial charge in [-0.15, -0.1) is 0 Å². The Morgan fingerprint density at radius 3 is 3.03 bits per heavy atom. The van der Waals surface area contributed by atoms with Crippen molar-refractivity contribution in [2.24, 2.45) is 0 Å². The average molecular weight is 421 g/mol. The first-order valence-corrected chi connectivity index (χ1v) is 10.3. The van der Waals surface area contributed by atoms with Crippen molar-refractivity contribution in [3.8, 4) is 22.8 Å². The fraction of sp³-hybridized carbons (Fsp3) is 0.364. The Labute approximate surface area is 179 Å². The minimum Gasteiger partial charge on any atom is -0.454 e. The second-order valence-electron chi connectivity index (χ2n) is 7.84. The molecule has 2 aromatic heterocycles. The highest BCUT2D eigenvalue weighted by Crippen LogP contribution is 2.35. The zero-order valence-corrected chi connectivity index (χ0v) is 17.2. The predicted octanol–water partition coefficient (Wildman–Crippen LogP) is 2.99. The van der Waals surface area contributed by atoms with Gasteiger partial charge in [-0.1, -0.05) is 5.16 Å². The van der Waals surface area contributed by atoms with E-state index in [2.05, 4.69) is 25.3 Å². The highest BCUT2D eigenvalue weighted by atomic mass is 16.7. The van der Waals surface area contributed by atoms with Gasteiger partial charge in [0.1, 0.15) is 6.33 Å². The van der Waals surface area contributed by atoms with Gasteiger partial charge < -0.3 is 19.3 Å². The number of piperidine rings is 1. The predicted molar refractivity (Wildman–Crippen MR) is 112 cm³/mol. The maximum Gasteiger partial charge on any atom is 0.238 e. The third-order valence-electron chi connectivity index (χ3n) is 5.55. The van der Waals surface area contributed by atoms with Crippen molar-refractivity contribution >= 4 is 11.6 Å². The van der Waals surface area contributed by atoms with Crippen LogP contribution in [0.15, 0.2) is 41.3 Å². The van der Waals surface area contributed by atoms with E-state index in [-0.39, 0.29) is 18.6 Å². The van der Waals surface area contributed by atoms with E-state index >= 15 is 0 Å². The molecule has 2 aliphatic rings. The summed E-state index contributed by atoms with van der Waals surface area (Å²) in [5.41, 5.74) is 3.31. The number of aryl methyl sites for hydroxylation is 1. The lowest BCUT2D eigenvalue weighted by Crippen LogP contribution is -2.40. The Kier molecular flexibility index (Phi) is 5.25. The second-order valence-corrected chi connectivity index (χ2v) is 7.84. The van der Waals surface area contributed by atoms with Crippen molar-refractivity contribution in [2.45, 2.75) is 25.7 Å². The van der Waals surface area contributed by atoms with Crippen molar-refractivity contribution in [3.05, 3.63) is 48.2 Å². The fourth-order valence-corrected chi connectivity index (χ4v) is 4.15. The number of carbonyl (C=O) groups excluding carboxylic acids is 1. The molecule has 9 nitrogen and oxygen atoms in total. The largest absolute Gasteiger partial charge is 0.454 e. The topological polar surface area (TPSA) is 103 Å². The summed E-state index contributed by atoms with van der Waals surface area (Å²) in [5.74, 6) is 2.14. The first-order valence-electron chi connectivity index (χ1n) is 10.3. The minimum atomic E-state index is -0.0618. The van der Waals surface area contributed by atoms with Gasteiger partial charge >= 0.3 is 0 Å². The SMILES string of the molecule is Cc1cc(-c2cncnc2[C@@H]2CCCN(CC(=O)Nc3ccc4c(c3)OCO4)C2)on1.